The van der Waals surface area contributed by atoms with Gasteiger partial charge in [-0.3, -0.25) is 4.98 Å². The Labute approximate surface area is 64.4 Å². The van der Waals surface area contributed by atoms with Gasteiger partial charge >= 0.3 is 0 Å². The van der Waals surface area contributed by atoms with Gasteiger partial charge < -0.3 is 10.9 Å². The molecule has 1 heterocycles. The average molecular weight is 151 g/mol. The molecule has 0 aliphatic heterocycles. The summed E-state index contributed by atoms with van der Waals surface area (Å²) in [4.78, 5) is 3.89. The van der Waals surface area contributed by atoms with Crippen molar-refractivity contribution in [3.05, 3.63) is 23.5 Å². The monoisotopic (exact) mass is 151 g/mol. The van der Waals surface area contributed by atoms with Crippen LogP contribution in [0, 0.1) is 6.92 Å². The maximum Gasteiger partial charge on any atom is 0.0918 e. The summed E-state index contributed by atoms with van der Waals surface area (Å²) in [5, 5.41) is 11.0. The van der Waals surface area contributed by atoms with Gasteiger partial charge in [0.25, 0.3) is 0 Å². The van der Waals surface area contributed by atoms with Crippen LogP contribution in [-0.2, 0) is 0 Å². The minimum absolute atomic E-state index is 0.596. The Kier molecular flexibility index (Phi) is 2.06. The van der Waals surface area contributed by atoms with Gasteiger partial charge in [-0.15, -0.1) is 0 Å². The lowest BCUT2D eigenvalue weighted by atomic mass is 10.2. The summed E-state index contributed by atoms with van der Waals surface area (Å²) in [5.41, 5.74) is 7.68. The zero-order chi connectivity index (χ0) is 8.27. The molecule has 0 aliphatic rings. The SMILES string of the molecule is Cc1cc(/C=N\O)ncc1N. The van der Waals surface area contributed by atoms with Crippen LogP contribution in [-0.4, -0.2) is 16.4 Å². The molecule has 0 fully saturated rings. The Balaban J connectivity index is 3.05. The lowest BCUT2D eigenvalue weighted by Crippen LogP contribution is -1.94. The van der Waals surface area contributed by atoms with E-state index in [1.807, 2.05) is 6.92 Å². The highest BCUT2D eigenvalue weighted by Crippen LogP contribution is 2.07. The zero-order valence-electron chi connectivity index (χ0n) is 6.15. The molecule has 0 amide bonds. The number of hydrogen-bond donors (Lipinski definition) is 2. The fourth-order valence-corrected chi connectivity index (χ4v) is 0.718. The van der Waals surface area contributed by atoms with Crippen LogP contribution in [0.5, 0.6) is 0 Å². The van der Waals surface area contributed by atoms with Crippen LogP contribution in [0.25, 0.3) is 0 Å². The molecule has 0 aliphatic carbocycles. The predicted octanol–water partition coefficient (Wildman–Crippen LogP) is 0.780. The molecule has 4 nitrogen and oxygen atoms in total. The maximum absolute atomic E-state index is 8.18. The largest absolute Gasteiger partial charge is 0.411 e. The Morgan fingerprint density at radius 1 is 1.73 bits per heavy atom. The topological polar surface area (TPSA) is 71.5 Å². The van der Waals surface area contributed by atoms with Gasteiger partial charge in [-0.25, -0.2) is 0 Å². The summed E-state index contributed by atoms with van der Waals surface area (Å²) >= 11 is 0. The van der Waals surface area contributed by atoms with Crippen LogP contribution in [0.2, 0.25) is 0 Å². The molecule has 58 valence electrons. The van der Waals surface area contributed by atoms with Gasteiger partial charge in [-0.05, 0) is 18.6 Å². The summed E-state index contributed by atoms with van der Waals surface area (Å²) in [5.74, 6) is 0. The number of rotatable bonds is 1. The molecular weight excluding hydrogens is 142 g/mol. The van der Waals surface area contributed by atoms with Crippen molar-refractivity contribution in [1.29, 1.82) is 0 Å². The Morgan fingerprint density at radius 2 is 2.45 bits per heavy atom. The van der Waals surface area contributed by atoms with Crippen molar-refractivity contribution < 1.29 is 5.21 Å². The summed E-state index contributed by atoms with van der Waals surface area (Å²) in [7, 11) is 0. The van der Waals surface area contributed by atoms with E-state index in [1.54, 1.807) is 6.07 Å². The standard InChI is InChI=1S/C7H9N3O/c1-5-2-6(3-10-11)9-4-7(5)8/h2-4,11H,8H2,1H3/b10-3-. The first kappa shape index (κ1) is 7.53. The third-order valence-corrected chi connectivity index (χ3v) is 1.36. The number of hydrogen-bond acceptors (Lipinski definition) is 4. The lowest BCUT2D eigenvalue weighted by molar-refractivity contribution is 0.321. The first-order valence-corrected chi connectivity index (χ1v) is 3.13. The molecule has 4 heteroatoms. The van der Waals surface area contributed by atoms with Gasteiger partial charge in [0, 0.05) is 0 Å². The van der Waals surface area contributed by atoms with E-state index in [-0.39, 0.29) is 0 Å². The maximum atomic E-state index is 8.18. The van der Waals surface area contributed by atoms with E-state index in [0.29, 0.717) is 11.4 Å². The highest BCUT2D eigenvalue weighted by Gasteiger charge is 1.94. The second-order valence-corrected chi connectivity index (χ2v) is 2.21. The van der Waals surface area contributed by atoms with Gasteiger partial charge in [-0.1, -0.05) is 5.16 Å². The van der Waals surface area contributed by atoms with Gasteiger partial charge in [0.1, 0.15) is 0 Å². The van der Waals surface area contributed by atoms with Crippen LogP contribution in [0.3, 0.4) is 0 Å². The number of nitrogens with two attached hydrogens (primary N) is 1. The van der Waals surface area contributed by atoms with Crippen LogP contribution in [0.1, 0.15) is 11.3 Å². The number of nitrogen functional groups attached to an aromatic ring is 1. The molecule has 11 heavy (non-hydrogen) atoms. The third kappa shape index (κ3) is 1.67. The highest BCUT2D eigenvalue weighted by atomic mass is 16.4. The molecule has 0 spiro atoms. The summed E-state index contributed by atoms with van der Waals surface area (Å²) in [6, 6.07) is 1.75. The number of anilines is 1. The highest BCUT2D eigenvalue weighted by molar-refractivity contribution is 5.77. The summed E-state index contributed by atoms with van der Waals surface area (Å²) in [6.07, 6.45) is 2.79. The summed E-state index contributed by atoms with van der Waals surface area (Å²) in [6.45, 7) is 1.87. The Bertz CT molecular complexity index is 283. The molecule has 1 rings (SSSR count). The molecule has 3 N–H and O–H groups in total. The molecule has 1 aromatic rings. The number of pyridine rings is 1. The van der Waals surface area contributed by atoms with Gasteiger partial charge in [0.15, 0.2) is 0 Å². The zero-order valence-corrected chi connectivity index (χ0v) is 6.15. The second kappa shape index (κ2) is 3.01. The van der Waals surface area contributed by atoms with Crippen molar-refractivity contribution in [2.45, 2.75) is 6.92 Å². The quantitative estimate of drug-likeness (QED) is 0.354. The fourth-order valence-electron chi connectivity index (χ4n) is 0.718. The van der Waals surface area contributed by atoms with E-state index in [1.165, 1.54) is 12.4 Å². The lowest BCUT2D eigenvalue weighted by Gasteiger charge is -1.97. The van der Waals surface area contributed by atoms with Crippen LogP contribution in [0.15, 0.2) is 17.4 Å². The van der Waals surface area contributed by atoms with E-state index < -0.39 is 0 Å². The molecule has 0 atom stereocenters. The molecule has 0 radical (unpaired) electrons. The molecule has 0 aromatic carbocycles. The van der Waals surface area contributed by atoms with Crippen molar-refractivity contribution in [2.24, 2.45) is 5.16 Å². The normalized spacial score (nSPS) is 10.6. The molecule has 1 aromatic heterocycles. The summed E-state index contributed by atoms with van der Waals surface area (Å²) < 4.78 is 0. The average Bonchev–Trinajstić information content (AvgIpc) is 1.98. The Hall–Kier alpha value is -1.58. The number of aryl methyl sites for hydroxylation is 1. The van der Waals surface area contributed by atoms with Crippen molar-refractivity contribution in [2.75, 3.05) is 5.73 Å². The fraction of sp³-hybridized carbons (Fsp3) is 0.143. The molecule has 0 saturated heterocycles. The number of aromatic nitrogens is 1. The van der Waals surface area contributed by atoms with Crippen LogP contribution in [0.4, 0.5) is 5.69 Å². The minimum Gasteiger partial charge on any atom is -0.411 e. The van der Waals surface area contributed by atoms with E-state index >= 15 is 0 Å². The minimum atomic E-state index is 0.596. The van der Waals surface area contributed by atoms with Crippen molar-refractivity contribution in [3.63, 3.8) is 0 Å². The number of oxime groups is 1. The molecular formula is C7H9N3O. The second-order valence-electron chi connectivity index (χ2n) is 2.21. The van der Waals surface area contributed by atoms with Crippen LogP contribution >= 0.6 is 0 Å². The van der Waals surface area contributed by atoms with Gasteiger partial charge in [0.2, 0.25) is 0 Å². The van der Waals surface area contributed by atoms with E-state index in [4.69, 9.17) is 10.9 Å². The first-order chi connectivity index (χ1) is 5.24. The van der Waals surface area contributed by atoms with Crippen LogP contribution < -0.4 is 5.73 Å². The van der Waals surface area contributed by atoms with E-state index in [0.717, 1.165) is 5.56 Å². The van der Waals surface area contributed by atoms with E-state index in [9.17, 15) is 0 Å². The van der Waals surface area contributed by atoms with E-state index in [2.05, 4.69) is 10.1 Å². The van der Waals surface area contributed by atoms with Crippen molar-refractivity contribution >= 4 is 11.9 Å². The van der Waals surface area contributed by atoms with Gasteiger partial charge in [0.05, 0.1) is 23.8 Å². The van der Waals surface area contributed by atoms with Crippen molar-refractivity contribution in [3.8, 4) is 0 Å². The molecule has 0 bridgehead atoms. The van der Waals surface area contributed by atoms with Gasteiger partial charge in [-0.2, -0.15) is 0 Å². The third-order valence-electron chi connectivity index (χ3n) is 1.36. The molecule has 0 unspecified atom stereocenters. The molecule has 0 saturated carbocycles. The predicted molar refractivity (Wildman–Crippen MR) is 42.8 cm³/mol. The Morgan fingerprint density at radius 3 is 3.00 bits per heavy atom. The number of nitrogens with zero attached hydrogens (tertiary/aromatic N) is 2. The van der Waals surface area contributed by atoms with Crippen molar-refractivity contribution in [1.82, 2.24) is 4.98 Å². The smallest absolute Gasteiger partial charge is 0.0918 e. The first-order valence-electron chi connectivity index (χ1n) is 3.13.